The van der Waals surface area contributed by atoms with E-state index < -0.39 is 0 Å². The van der Waals surface area contributed by atoms with Crippen molar-refractivity contribution in [3.05, 3.63) is 16.0 Å². The summed E-state index contributed by atoms with van der Waals surface area (Å²) in [5.41, 5.74) is 0. The third-order valence-electron chi connectivity index (χ3n) is 2.19. The second kappa shape index (κ2) is 7.04. The highest BCUT2D eigenvalue weighted by atomic mass is 79.9. The highest BCUT2D eigenvalue weighted by Crippen LogP contribution is 2.20. The van der Waals surface area contributed by atoms with Gasteiger partial charge >= 0.3 is 0 Å². The van der Waals surface area contributed by atoms with Gasteiger partial charge in [-0.1, -0.05) is 6.92 Å². The average Bonchev–Trinajstić information content (AvgIpc) is 2.28. The zero-order valence-corrected chi connectivity index (χ0v) is 11.4. The van der Waals surface area contributed by atoms with E-state index in [0.29, 0.717) is 11.7 Å². The van der Waals surface area contributed by atoms with Gasteiger partial charge in [-0.2, -0.15) is 4.98 Å². The van der Waals surface area contributed by atoms with E-state index in [-0.39, 0.29) is 11.9 Å². The van der Waals surface area contributed by atoms with Crippen LogP contribution < -0.4 is 5.32 Å². The Hall–Kier alpha value is -0.390. The number of aromatic nitrogens is 2. The molecule has 6 heteroatoms. The van der Waals surface area contributed by atoms with Crippen LogP contribution in [0.4, 0.5) is 5.82 Å². The molecule has 90 valence electrons. The molecule has 0 saturated heterocycles. The number of hydrogen-bond acceptors (Lipinski definition) is 4. The van der Waals surface area contributed by atoms with Crippen molar-refractivity contribution in [1.29, 1.82) is 0 Å². The second-order valence-corrected chi connectivity index (χ2v) is 4.88. The van der Waals surface area contributed by atoms with Crippen molar-refractivity contribution in [1.82, 2.24) is 9.97 Å². The first-order chi connectivity index (χ1) is 7.63. The maximum absolute atomic E-state index is 8.87. The Morgan fingerprint density at radius 3 is 3.06 bits per heavy atom. The molecule has 0 aliphatic carbocycles. The number of hydrogen-bond donors (Lipinski definition) is 2. The third kappa shape index (κ3) is 4.63. The fourth-order valence-electron chi connectivity index (χ4n) is 1.22. The lowest BCUT2D eigenvalue weighted by Crippen LogP contribution is -2.08. The Balaban J connectivity index is 2.34. The summed E-state index contributed by atoms with van der Waals surface area (Å²) >= 11 is 9.03. The van der Waals surface area contributed by atoms with Gasteiger partial charge in [0.2, 0.25) is 5.28 Å². The number of nitrogens with one attached hydrogen (secondary N) is 1. The molecule has 4 nitrogen and oxygen atoms in total. The van der Waals surface area contributed by atoms with Crippen molar-refractivity contribution in [2.75, 3.05) is 18.5 Å². The summed E-state index contributed by atoms with van der Waals surface area (Å²) in [4.78, 5) is 7.90. The van der Waals surface area contributed by atoms with E-state index in [9.17, 15) is 0 Å². The van der Waals surface area contributed by atoms with Crippen molar-refractivity contribution >= 4 is 33.3 Å². The van der Waals surface area contributed by atoms with Crippen molar-refractivity contribution in [2.45, 2.75) is 19.8 Å². The first kappa shape index (κ1) is 13.7. The third-order valence-corrected chi connectivity index (χ3v) is 2.95. The molecule has 1 aromatic heterocycles. The summed E-state index contributed by atoms with van der Waals surface area (Å²) in [7, 11) is 0. The minimum atomic E-state index is 0.231. The van der Waals surface area contributed by atoms with Gasteiger partial charge < -0.3 is 10.4 Å². The predicted octanol–water partition coefficient (Wildman–Crippen LogP) is 2.71. The standard InChI is InChI=1S/C10H15BrClN3O/c1-7(6-16)3-2-4-13-9-8(11)5-14-10(12)15-9/h5,7,16H,2-4,6H2,1H3,(H,13,14,15). The Kier molecular flexibility index (Phi) is 6.01. The van der Waals surface area contributed by atoms with Crippen LogP contribution in [0.3, 0.4) is 0 Å². The topological polar surface area (TPSA) is 58.0 Å². The van der Waals surface area contributed by atoms with E-state index in [4.69, 9.17) is 16.7 Å². The zero-order valence-electron chi connectivity index (χ0n) is 9.08. The number of halogens is 2. The van der Waals surface area contributed by atoms with E-state index in [1.54, 1.807) is 6.20 Å². The summed E-state index contributed by atoms with van der Waals surface area (Å²) in [5.74, 6) is 1.05. The van der Waals surface area contributed by atoms with Crippen LogP contribution in [0.1, 0.15) is 19.8 Å². The van der Waals surface area contributed by atoms with Crippen LogP contribution in [0.25, 0.3) is 0 Å². The maximum Gasteiger partial charge on any atom is 0.224 e. The molecule has 1 unspecified atom stereocenters. The summed E-state index contributed by atoms with van der Waals surface area (Å²) in [6.45, 7) is 3.07. The summed E-state index contributed by atoms with van der Waals surface area (Å²) in [6.07, 6.45) is 3.59. The lowest BCUT2D eigenvalue weighted by molar-refractivity contribution is 0.229. The average molecular weight is 309 g/mol. The number of anilines is 1. The zero-order chi connectivity index (χ0) is 12.0. The van der Waals surface area contributed by atoms with Gasteiger partial charge in [0.15, 0.2) is 0 Å². The van der Waals surface area contributed by atoms with Gasteiger partial charge in [0.1, 0.15) is 5.82 Å². The number of aliphatic hydroxyl groups is 1. The van der Waals surface area contributed by atoms with Gasteiger partial charge in [-0.15, -0.1) is 0 Å². The molecule has 1 aromatic rings. The molecule has 0 fully saturated rings. The SMILES string of the molecule is CC(CO)CCCNc1nc(Cl)ncc1Br. The van der Waals surface area contributed by atoms with E-state index in [2.05, 4.69) is 31.2 Å². The van der Waals surface area contributed by atoms with E-state index >= 15 is 0 Å². The summed E-state index contributed by atoms with van der Waals surface area (Å²) < 4.78 is 0.798. The van der Waals surface area contributed by atoms with Crippen LogP contribution in [0.15, 0.2) is 10.7 Å². The molecule has 0 aromatic carbocycles. The first-order valence-corrected chi connectivity index (χ1v) is 6.33. The molecule has 2 N–H and O–H groups in total. The summed E-state index contributed by atoms with van der Waals surface area (Å²) in [5, 5.41) is 12.3. The number of nitrogens with zero attached hydrogens (tertiary/aromatic N) is 2. The van der Waals surface area contributed by atoms with Gasteiger partial charge in [0, 0.05) is 19.3 Å². The van der Waals surface area contributed by atoms with Crippen molar-refractivity contribution in [2.24, 2.45) is 5.92 Å². The highest BCUT2D eigenvalue weighted by molar-refractivity contribution is 9.10. The first-order valence-electron chi connectivity index (χ1n) is 5.16. The van der Waals surface area contributed by atoms with Gasteiger partial charge in [-0.05, 0) is 46.3 Å². The molecule has 0 aliphatic heterocycles. The van der Waals surface area contributed by atoms with Crippen LogP contribution in [0, 0.1) is 5.92 Å². The fourth-order valence-corrected chi connectivity index (χ4v) is 1.68. The van der Waals surface area contributed by atoms with E-state index in [1.807, 2.05) is 6.92 Å². The quantitative estimate of drug-likeness (QED) is 0.627. The molecule has 0 radical (unpaired) electrons. The molecule has 1 rings (SSSR count). The molecule has 0 amide bonds. The fraction of sp³-hybridized carbons (Fsp3) is 0.600. The van der Waals surface area contributed by atoms with Crippen LogP contribution in [0.2, 0.25) is 5.28 Å². The molecular formula is C10H15BrClN3O. The Labute approximate surface area is 109 Å². The molecule has 0 saturated carbocycles. The Bertz CT molecular complexity index is 338. The lowest BCUT2D eigenvalue weighted by Gasteiger charge is -2.09. The number of rotatable bonds is 6. The van der Waals surface area contributed by atoms with Gasteiger partial charge in [-0.3, -0.25) is 0 Å². The monoisotopic (exact) mass is 307 g/mol. The largest absolute Gasteiger partial charge is 0.396 e. The van der Waals surface area contributed by atoms with Gasteiger partial charge in [0.25, 0.3) is 0 Å². The minimum Gasteiger partial charge on any atom is -0.396 e. The van der Waals surface area contributed by atoms with Crippen LogP contribution in [0.5, 0.6) is 0 Å². The Morgan fingerprint density at radius 2 is 2.38 bits per heavy atom. The second-order valence-electron chi connectivity index (χ2n) is 3.69. The molecule has 0 spiro atoms. The lowest BCUT2D eigenvalue weighted by atomic mass is 10.1. The predicted molar refractivity (Wildman–Crippen MR) is 68.7 cm³/mol. The van der Waals surface area contributed by atoms with Crippen molar-refractivity contribution in [3.63, 3.8) is 0 Å². The van der Waals surface area contributed by atoms with Gasteiger partial charge in [0.05, 0.1) is 4.47 Å². The molecule has 0 bridgehead atoms. The van der Waals surface area contributed by atoms with Crippen LogP contribution in [-0.4, -0.2) is 28.2 Å². The van der Waals surface area contributed by atoms with Crippen LogP contribution in [-0.2, 0) is 0 Å². The molecule has 1 heterocycles. The molecular weight excluding hydrogens is 293 g/mol. The van der Waals surface area contributed by atoms with E-state index in [0.717, 1.165) is 23.9 Å². The molecule has 0 aliphatic rings. The molecule has 16 heavy (non-hydrogen) atoms. The van der Waals surface area contributed by atoms with Crippen molar-refractivity contribution < 1.29 is 5.11 Å². The highest BCUT2D eigenvalue weighted by Gasteiger charge is 2.03. The normalized spacial score (nSPS) is 12.5. The van der Waals surface area contributed by atoms with Gasteiger partial charge in [-0.25, -0.2) is 4.98 Å². The summed E-state index contributed by atoms with van der Waals surface area (Å²) in [6, 6.07) is 0. The Morgan fingerprint density at radius 1 is 1.62 bits per heavy atom. The number of aliphatic hydroxyl groups excluding tert-OH is 1. The van der Waals surface area contributed by atoms with E-state index in [1.165, 1.54) is 0 Å². The molecule has 1 atom stereocenters. The van der Waals surface area contributed by atoms with Crippen molar-refractivity contribution in [3.8, 4) is 0 Å². The minimum absolute atomic E-state index is 0.231. The van der Waals surface area contributed by atoms with Crippen LogP contribution >= 0.6 is 27.5 Å². The maximum atomic E-state index is 8.87. The smallest absolute Gasteiger partial charge is 0.224 e.